The first-order valence-electron chi connectivity index (χ1n) is 2.92. The Labute approximate surface area is 65.6 Å². The van der Waals surface area contributed by atoms with E-state index in [9.17, 15) is 0 Å². The molecule has 9 heavy (non-hydrogen) atoms. The highest BCUT2D eigenvalue weighted by Gasteiger charge is 2.11. The van der Waals surface area contributed by atoms with Crippen molar-refractivity contribution in [1.82, 2.24) is 0 Å². The minimum Gasteiger partial charge on any atom is -0.392 e. The SMILES string of the molecule is CSCC(SC)C(C)O. The zero-order valence-electron chi connectivity index (χ0n) is 6.13. The third-order valence-corrected chi connectivity index (χ3v) is 3.24. The lowest BCUT2D eigenvalue weighted by Crippen LogP contribution is -2.21. The number of hydrogen-bond acceptors (Lipinski definition) is 3. The molecule has 0 bridgehead atoms. The highest BCUT2D eigenvalue weighted by molar-refractivity contribution is 8.02. The molecule has 0 aliphatic heterocycles. The zero-order chi connectivity index (χ0) is 7.28. The minimum atomic E-state index is -0.174. The Morgan fingerprint density at radius 2 is 2.00 bits per heavy atom. The summed E-state index contributed by atoms with van der Waals surface area (Å²) in [5, 5.41) is 9.51. The fourth-order valence-corrected chi connectivity index (χ4v) is 2.52. The molecule has 0 radical (unpaired) electrons. The van der Waals surface area contributed by atoms with E-state index in [1.54, 1.807) is 23.5 Å². The molecule has 0 heterocycles. The van der Waals surface area contributed by atoms with E-state index >= 15 is 0 Å². The van der Waals surface area contributed by atoms with Crippen molar-refractivity contribution in [1.29, 1.82) is 0 Å². The van der Waals surface area contributed by atoms with Crippen molar-refractivity contribution in [3.63, 3.8) is 0 Å². The average molecular weight is 166 g/mol. The van der Waals surface area contributed by atoms with Crippen molar-refractivity contribution < 1.29 is 5.11 Å². The van der Waals surface area contributed by atoms with Crippen LogP contribution in [0.4, 0.5) is 0 Å². The lowest BCUT2D eigenvalue weighted by Gasteiger charge is -2.15. The molecule has 0 aliphatic carbocycles. The summed E-state index contributed by atoms with van der Waals surface area (Å²) in [4.78, 5) is 0. The Bertz CT molecular complexity index is 66.1. The van der Waals surface area contributed by atoms with Crippen molar-refractivity contribution >= 4 is 23.5 Å². The molecule has 1 N–H and O–H groups in total. The van der Waals surface area contributed by atoms with Crippen LogP contribution in [-0.2, 0) is 0 Å². The Balaban J connectivity index is 3.41. The van der Waals surface area contributed by atoms with E-state index < -0.39 is 0 Å². The molecule has 3 heteroatoms. The van der Waals surface area contributed by atoms with Crippen LogP contribution in [0, 0.1) is 0 Å². The molecule has 0 aromatic rings. The molecule has 0 saturated carbocycles. The molecule has 2 unspecified atom stereocenters. The van der Waals surface area contributed by atoms with E-state index in [0.29, 0.717) is 5.25 Å². The van der Waals surface area contributed by atoms with Crippen molar-refractivity contribution in [2.75, 3.05) is 18.3 Å². The lowest BCUT2D eigenvalue weighted by molar-refractivity contribution is 0.198. The second-order valence-corrected chi connectivity index (χ2v) is 3.96. The molecule has 0 rings (SSSR count). The summed E-state index contributed by atoms with van der Waals surface area (Å²) in [6, 6.07) is 0. The molecule has 0 spiro atoms. The number of aliphatic hydroxyl groups is 1. The number of thioether (sulfide) groups is 2. The van der Waals surface area contributed by atoms with E-state index in [1.165, 1.54) is 0 Å². The van der Waals surface area contributed by atoms with Crippen LogP contribution in [0.3, 0.4) is 0 Å². The van der Waals surface area contributed by atoms with Gasteiger partial charge in [-0.3, -0.25) is 0 Å². The molecular weight excluding hydrogens is 152 g/mol. The van der Waals surface area contributed by atoms with Gasteiger partial charge in [-0.2, -0.15) is 23.5 Å². The molecule has 0 aromatic carbocycles. The van der Waals surface area contributed by atoms with Gasteiger partial charge < -0.3 is 5.11 Å². The van der Waals surface area contributed by atoms with Crippen LogP contribution in [0.25, 0.3) is 0 Å². The molecule has 56 valence electrons. The summed E-state index contributed by atoms with van der Waals surface area (Å²) in [7, 11) is 0. The normalized spacial score (nSPS) is 17.3. The van der Waals surface area contributed by atoms with Crippen molar-refractivity contribution in [2.24, 2.45) is 0 Å². The maximum atomic E-state index is 9.11. The van der Waals surface area contributed by atoms with Crippen molar-refractivity contribution in [2.45, 2.75) is 18.3 Å². The van der Waals surface area contributed by atoms with Crippen LogP contribution in [0.15, 0.2) is 0 Å². The van der Waals surface area contributed by atoms with Crippen LogP contribution in [0.5, 0.6) is 0 Å². The summed E-state index contributed by atoms with van der Waals surface area (Å²) in [6.45, 7) is 1.84. The van der Waals surface area contributed by atoms with E-state index in [2.05, 4.69) is 6.26 Å². The molecule has 1 nitrogen and oxygen atoms in total. The minimum absolute atomic E-state index is 0.174. The first-order chi connectivity index (χ1) is 4.22. The summed E-state index contributed by atoms with van der Waals surface area (Å²) in [5.74, 6) is 1.04. The van der Waals surface area contributed by atoms with Gasteiger partial charge in [-0.05, 0) is 19.4 Å². The molecule has 0 saturated heterocycles. The molecule has 0 fully saturated rings. The number of rotatable bonds is 4. The Hall–Kier alpha value is 0.660. The highest BCUT2D eigenvalue weighted by Crippen LogP contribution is 2.15. The van der Waals surface area contributed by atoms with Gasteiger partial charge in [0, 0.05) is 11.0 Å². The van der Waals surface area contributed by atoms with Gasteiger partial charge in [-0.1, -0.05) is 0 Å². The molecule has 0 aliphatic rings. The van der Waals surface area contributed by atoms with Gasteiger partial charge in [0.2, 0.25) is 0 Å². The second kappa shape index (κ2) is 5.45. The summed E-state index contributed by atoms with van der Waals surface area (Å²) in [5.41, 5.74) is 0. The Morgan fingerprint density at radius 1 is 1.44 bits per heavy atom. The van der Waals surface area contributed by atoms with Gasteiger partial charge in [0.05, 0.1) is 6.10 Å². The van der Waals surface area contributed by atoms with Gasteiger partial charge in [-0.15, -0.1) is 0 Å². The predicted octanol–water partition coefficient (Wildman–Crippen LogP) is 1.46. The second-order valence-electron chi connectivity index (χ2n) is 1.97. The largest absolute Gasteiger partial charge is 0.392 e. The van der Waals surface area contributed by atoms with Gasteiger partial charge in [0.1, 0.15) is 0 Å². The predicted molar refractivity (Wildman–Crippen MR) is 47.4 cm³/mol. The standard InChI is InChI=1S/C6H14OS2/c1-5(7)6(9-3)4-8-2/h5-7H,4H2,1-3H3. The van der Waals surface area contributed by atoms with Crippen LogP contribution in [-0.4, -0.2) is 34.7 Å². The van der Waals surface area contributed by atoms with Crippen molar-refractivity contribution in [3.05, 3.63) is 0 Å². The maximum Gasteiger partial charge on any atom is 0.0638 e. The molecule has 2 atom stereocenters. The third kappa shape index (κ3) is 4.12. The fraction of sp³-hybridized carbons (Fsp3) is 1.00. The topological polar surface area (TPSA) is 20.2 Å². The zero-order valence-corrected chi connectivity index (χ0v) is 7.76. The maximum absolute atomic E-state index is 9.11. The van der Waals surface area contributed by atoms with E-state index in [-0.39, 0.29) is 6.10 Å². The number of hydrogen-bond donors (Lipinski definition) is 1. The molecule has 0 amide bonds. The number of aliphatic hydroxyl groups excluding tert-OH is 1. The first kappa shape index (κ1) is 9.66. The van der Waals surface area contributed by atoms with Crippen LogP contribution >= 0.6 is 23.5 Å². The van der Waals surface area contributed by atoms with Crippen LogP contribution < -0.4 is 0 Å². The van der Waals surface area contributed by atoms with E-state index in [4.69, 9.17) is 5.11 Å². The van der Waals surface area contributed by atoms with Gasteiger partial charge in [-0.25, -0.2) is 0 Å². The van der Waals surface area contributed by atoms with Gasteiger partial charge in [0.25, 0.3) is 0 Å². The highest BCUT2D eigenvalue weighted by atomic mass is 32.2. The first-order valence-corrected chi connectivity index (χ1v) is 5.60. The molecular formula is C6H14OS2. The third-order valence-electron chi connectivity index (χ3n) is 1.17. The van der Waals surface area contributed by atoms with Crippen LogP contribution in [0.1, 0.15) is 6.92 Å². The van der Waals surface area contributed by atoms with E-state index in [1.807, 2.05) is 13.2 Å². The summed E-state index contributed by atoms with van der Waals surface area (Å²) >= 11 is 3.51. The smallest absolute Gasteiger partial charge is 0.0638 e. The quantitative estimate of drug-likeness (QED) is 0.683. The monoisotopic (exact) mass is 166 g/mol. The van der Waals surface area contributed by atoms with Gasteiger partial charge in [0.15, 0.2) is 0 Å². The van der Waals surface area contributed by atoms with Crippen LogP contribution in [0.2, 0.25) is 0 Å². The Morgan fingerprint density at radius 3 is 2.11 bits per heavy atom. The fourth-order valence-electron chi connectivity index (χ4n) is 0.569. The van der Waals surface area contributed by atoms with E-state index in [0.717, 1.165) is 5.75 Å². The Kier molecular flexibility index (Phi) is 5.84. The summed E-state index contributed by atoms with van der Waals surface area (Å²) in [6.07, 6.45) is 3.92. The average Bonchev–Trinajstić information content (AvgIpc) is 1.82. The van der Waals surface area contributed by atoms with Crippen molar-refractivity contribution in [3.8, 4) is 0 Å². The molecule has 0 aromatic heterocycles. The van der Waals surface area contributed by atoms with Gasteiger partial charge >= 0.3 is 0 Å². The summed E-state index contributed by atoms with van der Waals surface area (Å²) < 4.78 is 0. The lowest BCUT2D eigenvalue weighted by atomic mass is 10.3.